The van der Waals surface area contributed by atoms with Gasteiger partial charge in [-0.2, -0.15) is 4.31 Å². The number of piperidine rings is 1. The van der Waals surface area contributed by atoms with Crippen LogP contribution in [0, 0.1) is 5.92 Å². The van der Waals surface area contributed by atoms with Crippen molar-refractivity contribution in [2.24, 2.45) is 5.92 Å². The Morgan fingerprint density at radius 2 is 1.77 bits per heavy atom. The van der Waals surface area contributed by atoms with Crippen LogP contribution in [0.15, 0.2) is 33.7 Å². The van der Waals surface area contributed by atoms with Crippen molar-refractivity contribution in [2.45, 2.75) is 69.6 Å². The zero-order valence-electron chi connectivity index (χ0n) is 18.5. The fourth-order valence-corrected chi connectivity index (χ4v) is 5.81. The highest BCUT2D eigenvalue weighted by Gasteiger charge is 2.33. The molecular formula is C23H31N3O4S. The van der Waals surface area contributed by atoms with Crippen LogP contribution >= 0.6 is 0 Å². The van der Waals surface area contributed by atoms with E-state index in [2.05, 4.69) is 10.5 Å². The molecule has 0 unspecified atom stereocenters. The van der Waals surface area contributed by atoms with Crippen LogP contribution in [0.25, 0.3) is 0 Å². The maximum Gasteiger partial charge on any atom is 0.243 e. The predicted molar refractivity (Wildman–Crippen MR) is 118 cm³/mol. The number of hydrogen-bond donors (Lipinski definition) is 1. The lowest BCUT2D eigenvalue weighted by Crippen LogP contribution is -2.41. The van der Waals surface area contributed by atoms with Crippen LogP contribution in [0.4, 0.5) is 5.82 Å². The molecule has 0 saturated carbocycles. The summed E-state index contributed by atoms with van der Waals surface area (Å²) < 4.78 is 33.1. The minimum Gasteiger partial charge on any atom is -0.359 e. The van der Waals surface area contributed by atoms with Crippen LogP contribution in [0.5, 0.6) is 0 Å². The molecule has 0 radical (unpaired) electrons. The Bertz CT molecular complexity index is 1060. The number of nitrogens with one attached hydrogen (secondary N) is 1. The first-order chi connectivity index (χ1) is 14.6. The highest BCUT2D eigenvalue weighted by Crippen LogP contribution is 2.29. The van der Waals surface area contributed by atoms with Gasteiger partial charge in [-0.15, -0.1) is 0 Å². The van der Waals surface area contributed by atoms with E-state index in [4.69, 9.17) is 4.52 Å². The molecule has 8 heteroatoms. The fourth-order valence-electron chi connectivity index (χ4n) is 4.29. The summed E-state index contributed by atoms with van der Waals surface area (Å²) in [6, 6.07) is 7.29. The maximum atomic E-state index is 13.1. The van der Waals surface area contributed by atoms with Crippen LogP contribution in [-0.4, -0.2) is 36.9 Å². The van der Waals surface area contributed by atoms with Gasteiger partial charge in [0.05, 0.1) is 4.90 Å². The zero-order chi connectivity index (χ0) is 22.2. The summed E-state index contributed by atoms with van der Waals surface area (Å²) in [5.74, 6) is 0.720. The number of benzene rings is 1. The Hall–Kier alpha value is -2.19. The number of aryl methyl sites for hydroxylation is 2. The molecule has 168 valence electrons. The van der Waals surface area contributed by atoms with Crippen molar-refractivity contribution in [3.05, 3.63) is 41.2 Å². The van der Waals surface area contributed by atoms with Crippen LogP contribution in [-0.2, 0) is 33.1 Å². The molecular weight excluding hydrogens is 414 g/mol. The first-order valence-electron chi connectivity index (χ1n) is 11.0. The zero-order valence-corrected chi connectivity index (χ0v) is 19.3. The number of fused-ring (bicyclic) bond motifs is 1. The Morgan fingerprint density at radius 3 is 2.42 bits per heavy atom. The minimum atomic E-state index is -3.54. The normalized spacial score (nSPS) is 18.5. The smallest absolute Gasteiger partial charge is 0.243 e. The highest BCUT2D eigenvalue weighted by atomic mass is 32.2. The van der Waals surface area contributed by atoms with Gasteiger partial charge in [0.15, 0.2) is 5.82 Å². The van der Waals surface area contributed by atoms with Gasteiger partial charge < -0.3 is 9.84 Å². The lowest BCUT2D eigenvalue weighted by molar-refractivity contribution is -0.120. The van der Waals surface area contributed by atoms with Crippen molar-refractivity contribution in [1.29, 1.82) is 0 Å². The molecule has 1 aliphatic carbocycles. The number of carbonyl (C=O) groups is 1. The lowest BCUT2D eigenvalue weighted by Gasteiger charge is -2.30. The second-order valence-electron chi connectivity index (χ2n) is 9.63. The second-order valence-corrected chi connectivity index (χ2v) is 11.6. The molecule has 1 saturated heterocycles. The Balaban J connectivity index is 1.37. The summed E-state index contributed by atoms with van der Waals surface area (Å²) in [6.07, 6.45) is 5.22. The summed E-state index contributed by atoms with van der Waals surface area (Å²) in [4.78, 5) is 13.0. The SMILES string of the molecule is CC(C)(C)c1cc(NC(=O)C2CCN(S(=O)(=O)c3ccc4c(c3)CCCC4)CC2)no1. The van der Waals surface area contributed by atoms with Crippen LogP contribution in [0.1, 0.15) is 63.3 Å². The summed E-state index contributed by atoms with van der Waals surface area (Å²) in [5.41, 5.74) is 2.23. The molecule has 2 heterocycles. The Kier molecular flexibility index (Phi) is 5.96. The van der Waals surface area contributed by atoms with Crippen LogP contribution in [0.3, 0.4) is 0 Å². The molecule has 1 aromatic carbocycles. The van der Waals surface area contributed by atoms with E-state index in [0.29, 0.717) is 42.4 Å². The van der Waals surface area contributed by atoms with Crippen LogP contribution in [0.2, 0.25) is 0 Å². The minimum absolute atomic E-state index is 0.139. The van der Waals surface area contributed by atoms with E-state index in [1.165, 1.54) is 16.3 Å². The Labute approximate surface area is 184 Å². The number of aromatic nitrogens is 1. The highest BCUT2D eigenvalue weighted by molar-refractivity contribution is 7.89. The molecule has 31 heavy (non-hydrogen) atoms. The van der Waals surface area contributed by atoms with Gasteiger partial charge in [-0.25, -0.2) is 8.42 Å². The van der Waals surface area contributed by atoms with Crippen molar-refractivity contribution in [3.8, 4) is 0 Å². The summed E-state index contributed by atoms with van der Waals surface area (Å²) in [6.45, 7) is 6.71. The topological polar surface area (TPSA) is 92.5 Å². The van der Waals surface area contributed by atoms with E-state index in [0.717, 1.165) is 24.8 Å². The summed E-state index contributed by atoms with van der Waals surface area (Å²) >= 11 is 0. The average Bonchev–Trinajstić information content (AvgIpc) is 3.22. The van der Waals surface area contributed by atoms with Gasteiger partial charge in [0, 0.05) is 30.5 Å². The first-order valence-corrected chi connectivity index (χ1v) is 12.5. The van der Waals surface area contributed by atoms with Gasteiger partial charge in [0.25, 0.3) is 0 Å². The van der Waals surface area contributed by atoms with Gasteiger partial charge in [-0.05, 0) is 61.8 Å². The van der Waals surface area contributed by atoms with Crippen molar-refractivity contribution >= 4 is 21.7 Å². The summed E-state index contributed by atoms with van der Waals surface area (Å²) in [5, 5.41) is 6.75. The number of hydrogen-bond acceptors (Lipinski definition) is 5. The number of nitrogens with zero attached hydrogens (tertiary/aromatic N) is 2. The molecule has 1 amide bonds. The van der Waals surface area contributed by atoms with E-state index in [1.807, 2.05) is 32.9 Å². The molecule has 0 atom stereocenters. The van der Waals surface area contributed by atoms with Crippen LogP contribution < -0.4 is 5.32 Å². The maximum absolute atomic E-state index is 13.1. The molecule has 0 spiro atoms. The monoisotopic (exact) mass is 445 g/mol. The molecule has 1 aliphatic heterocycles. The molecule has 4 rings (SSSR count). The van der Waals surface area contributed by atoms with Gasteiger partial charge in [-0.3, -0.25) is 4.79 Å². The van der Waals surface area contributed by atoms with Crippen molar-refractivity contribution in [1.82, 2.24) is 9.46 Å². The third-order valence-corrected chi connectivity index (χ3v) is 8.18. The molecule has 2 aromatic rings. The number of anilines is 1. The molecule has 1 fully saturated rings. The average molecular weight is 446 g/mol. The van der Waals surface area contributed by atoms with Gasteiger partial charge in [0.1, 0.15) is 5.76 Å². The standard InChI is InChI=1S/C23H31N3O4S/c1-23(2,3)20-15-21(25-30-20)24-22(27)17-10-12-26(13-11-17)31(28,29)19-9-8-16-6-4-5-7-18(16)14-19/h8-9,14-15,17H,4-7,10-13H2,1-3H3,(H,24,25,27). The largest absolute Gasteiger partial charge is 0.359 e. The number of sulfonamides is 1. The summed E-state index contributed by atoms with van der Waals surface area (Å²) in [7, 11) is -3.54. The van der Waals surface area contributed by atoms with Crippen molar-refractivity contribution in [2.75, 3.05) is 18.4 Å². The quantitative estimate of drug-likeness (QED) is 0.771. The Morgan fingerprint density at radius 1 is 1.10 bits per heavy atom. The predicted octanol–water partition coefficient (Wildman–Crippen LogP) is 3.89. The third kappa shape index (κ3) is 4.70. The first kappa shape index (κ1) is 22.0. The van der Waals surface area contributed by atoms with E-state index in [9.17, 15) is 13.2 Å². The molecule has 2 aliphatic rings. The number of rotatable bonds is 4. The van der Waals surface area contributed by atoms with E-state index >= 15 is 0 Å². The molecule has 1 aromatic heterocycles. The van der Waals surface area contributed by atoms with Gasteiger partial charge in [-0.1, -0.05) is 32.0 Å². The van der Waals surface area contributed by atoms with Gasteiger partial charge in [0.2, 0.25) is 15.9 Å². The van der Waals surface area contributed by atoms with E-state index in [-0.39, 0.29) is 17.2 Å². The van der Waals surface area contributed by atoms with Crippen molar-refractivity contribution in [3.63, 3.8) is 0 Å². The number of amides is 1. The second kappa shape index (κ2) is 8.39. The molecule has 7 nitrogen and oxygen atoms in total. The van der Waals surface area contributed by atoms with E-state index in [1.54, 1.807) is 12.1 Å². The van der Waals surface area contributed by atoms with Gasteiger partial charge >= 0.3 is 0 Å². The fraction of sp³-hybridized carbons (Fsp3) is 0.565. The van der Waals surface area contributed by atoms with E-state index < -0.39 is 10.0 Å². The molecule has 0 bridgehead atoms. The third-order valence-electron chi connectivity index (χ3n) is 6.28. The molecule has 1 N–H and O–H groups in total. The van der Waals surface area contributed by atoms with Crippen molar-refractivity contribution < 1.29 is 17.7 Å². The number of carbonyl (C=O) groups excluding carboxylic acids is 1. The lowest BCUT2D eigenvalue weighted by atomic mass is 9.92.